The van der Waals surface area contributed by atoms with Crippen molar-refractivity contribution in [3.8, 4) is 11.3 Å². The first-order valence-electron chi connectivity index (χ1n) is 5.91. The monoisotopic (exact) mass is 274 g/mol. The third kappa shape index (κ3) is 2.14. The second-order valence-corrected chi connectivity index (χ2v) is 4.20. The first kappa shape index (κ1) is 12.4. The van der Waals surface area contributed by atoms with Gasteiger partial charge in [0, 0.05) is 11.6 Å². The zero-order valence-electron chi connectivity index (χ0n) is 10.3. The van der Waals surface area contributed by atoms with Crippen molar-refractivity contribution in [1.82, 2.24) is 5.16 Å². The van der Waals surface area contributed by atoms with Crippen LogP contribution in [0.2, 0.25) is 0 Å². The molecule has 0 aliphatic carbocycles. The number of aromatic carboxylic acids is 1. The van der Waals surface area contributed by atoms with Crippen LogP contribution < -0.4 is 5.06 Å². The van der Waals surface area contributed by atoms with Crippen molar-refractivity contribution in [3.63, 3.8) is 0 Å². The molecule has 1 N–H and O–H groups in total. The van der Waals surface area contributed by atoms with E-state index in [-0.39, 0.29) is 11.6 Å². The molecule has 1 aliphatic rings. The van der Waals surface area contributed by atoms with Gasteiger partial charge in [-0.15, -0.1) is 0 Å². The van der Waals surface area contributed by atoms with Crippen molar-refractivity contribution in [2.24, 2.45) is 0 Å². The summed E-state index contributed by atoms with van der Waals surface area (Å²) in [5, 5.41) is 13.5. The minimum absolute atomic E-state index is 0.119. The zero-order valence-corrected chi connectivity index (χ0v) is 10.3. The molecule has 0 saturated carbocycles. The van der Waals surface area contributed by atoms with E-state index in [1.165, 1.54) is 11.1 Å². The number of amides is 1. The third-order valence-corrected chi connectivity index (χ3v) is 2.86. The molecule has 1 aromatic carbocycles. The Hall–Kier alpha value is -2.67. The molecule has 102 valence electrons. The molecule has 0 spiro atoms. The molecule has 7 nitrogen and oxygen atoms in total. The fourth-order valence-electron chi connectivity index (χ4n) is 1.91. The van der Waals surface area contributed by atoms with Crippen molar-refractivity contribution >= 4 is 17.6 Å². The van der Waals surface area contributed by atoms with Crippen LogP contribution in [0.25, 0.3) is 11.3 Å². The highest BCUT2D eigenvalue weighted by Crippen LogP contribution is 2.27. The Bertz CT molecular complexity index is 679. The van der Waals surface area contributed by atoms with Gasteiger partial charge in [-0.3, -0.25) is 9.63 Å². The summed E-state index contributed by atoms with van der Waals surface area (Å²) in [7, 11) is 0. The topological polar surface area (TPSA) is 92.9 Å². The van der Waals surface area contributed by atoms with Gasteiger partial charge in [-0.05, 0) is 12.1 Å². The number of carboxylic acids is 1. The average molecular weight is 274 g/mol. The fraction of sp³-hybridized carbons (Fsp3) is 0.154. The van der Waals surface area contributed by atoms with Crippen LogP contribution >= 0.6 is 0 Å². The van der Waals surface area contributed by atoms with E-state index in [1.807, 2.05) is 0 Å². The number of hydroxylamine groups is 1. The maximum absolute atomic E-state index is 11.6. The smallest absolute Gasteiger partial charge is 0.358 e. The van der Waals surface area contributed by atoms with E-state index in [0.717, 1.165) is 0 Å². The Kier molecular flexibility index (Phi) is 2.96. The lowest BCUT2D eigenvalue weighted by Crippen LogP contribution is -2.22. The average Bonchev–Trinajstić information content (AvgIpc) is 3.07. The summed E-state index contributed by atoms with van der Waals surface area (Å²) < 4.78 is 4.98. The van der Waals surface area contributed by atoms with Gasteiger partial charge in [-0.2, -0.15) is 5.06 Å². The second-order valence-electron chi connectivity index (χ2n) is 4.20. The second kappa shape index (κ2) is 4.78. The number of carbonyl (C=O) groups excluding carboxylic acids is 1. The molecule has 1 aliphatic heterocycles. The van der Waals surface area contributed by atoms with Gasteiger partial charge < -0.3 is 9.63 Å². The molecule has 1 fully saturated rings. The van der Waals surface area contributed by atoms with Crippen molar-refractivity contribution in [2.45, 2.75) is 6.42 Å². The molecular weight excluding hydrogens is 264 g/mol. The summed E-state index contributed by atoms with van der Waals surface area (Å²) in [4.78, 5) is 27.6. The van der Waals surface area contributed by atoms with Crippen LogP contribution in [0.15, 0.2) is 34.9 Å². The molecule has 0 bridgehead atoms. The first-order chi connectivity index (χ1) is 9.65. The number of carbonyl (C=O) groups is 2. The quantitative estimate of drug-likeness (QED) is 0.915. The molecule has 0 atom stereocenters. The Morgan fingerprint density at radius 1 is 1.35 bits per heavy atom. The number of aromatic nitrogens is 1. The van der Waals surface area contributed by atoms with Crippen LogP contribution in [0.4, 0.5) is 5.69 Å². The fourth-order valence-corrected chi connectivity index (χ4v) is 1.91. The molecule has 0 unspecified atom stereocenters. The van der Waals surface area contributed by atoms with E-state index in [4.69, 9.17) is 14.5 Å². The molecule has 0 radical (unpaired) electrons. The van der Waals surface area contributed by atoms with Gasteiger partial charge in [0.2, 0.25) is 0 Å². The number of benzene rings is 1. The lowest BCUT2D eigenvalue weighted by molar-refractivity contribution is -0.119. The molecular formula is C13H10N2O5. The highest BCUT2D eigenvalue weighted by atomic mass is 16.7. The van der Waals surface area contributed by atoms with Gasteiger partial charge in [0.15, 0.2) is 11.5 Å². The van der Waals surface area contributed by atoms with E-state index in [2.05, 4.69) is 5.16 Å². The molecule has 2 aromatic rings. The molecule has 1 saturated heterocycles. The largest absolute Gasteiger partial charge is 0.476 e. The van der Waals surface area contributed by atoms with E-state index >= 15 is 0 Å². The van der Waals surface area contributed by atoms with Gasteiger partial charge in [0.1, 0.15) is 0 Å². The van der Waals surface area contributed by atoms with E-state index in [9.17, 15) is 9.59 Å². The number of anilines is 1. The summed E-state index contributed by atoms with van der Waals surface area (Å²) in [6.45, 7) is 0.356. The number of hydrogen-bond acceptors (Lipinski definition) is 5. The van der Waals surface area contributed by atoms with Gasteiger partial charge in [-0.25, -0.2) is 4.79 Å². The molecule has 1 amide bonds. The molecule has 7 heteroatoms. The maximum Gasteiger partial charge on any atom is 0.358 e. The summed E-state index contributed by atoms with van der Waals surface area (Å²) in [6.07, 6.45) is 0.343. The van der Waals surface area contributed by atoms with Crippen LogP contribution in [0.3, 0.4) is 0 Å². The summed E-state index contributed by atoms with van der Waals surface area (Å²) in [6, 6.07) is 8.18. The van der Waals surface area contributed by atoms with Crippen molar-refractivity contribution in [3.05, 3.63) is 36.0 Å². The van der Waals surface area contributed by atoms with Crippen LogP contribution in [-0.2, 0) is 9.63 Å². The van der Waals surface area contributed by atoms with Crippen LogP contribution in [0, 0.1) is 0 Å². The van der Waals surface area contributed by atoms with Crippen LogP contribution in [-0.4, -0.2) is 28.7 Å². The predicted octanol–water partition coefficient (Wildman–Crippen LogP) is 1.71. The number of rotatable bonds is 3. The van der Waals surface area contributed by atoms with Crippen LogP contribution in [0.1, 0.15) is 16.9 Å². The van der Waals surface area contributed by atoms with E-state index in [1.54, 1.807) is 24.3 Å². The molecule has 3 rings (SSSR count). The maximum atomic E-state index is 11.6. The molecule has 2 heterocycles. The van der Waals surface area contributed by atoms with Gasteiger partial charge >= 0.3 is 5.97 Å². The summed E-state index contributed by atoms with van der Waals surface area (Å²) in [5.41, 5.74) is 1.02. The lowest BCUT2D eigenvalue weighted by atomic mass is 10.1. The Labute approximate surface area is 113 Å². The van der Waals surface area contributed by atoms with E-state index in [0.29, 0.717) is 30.0 Å². The van der Waals surface area contributed by atoms with Crippen LogP contribution in [0.5, 0.6) is 0 Å². The molecule has 1 aromatic heterocycles. The Morgan fingerprint density at radius 3 is 2.85 bits per heavy atom. The number of nitrogens with zero attached hydrogens (tertiary/aromatic N) is 2. The van der Waals surface area contributed by atoms with E-state index < -0.39 is 5.97 Å². The zero-order chi connectivity index (χ0) is 14.1. The normalized spacial score (nSPS) is 14.8. The SMILES string of the molecule is O=C(O)c1cc(-c2cccc(N3OCCC3=O)c2)on1. The first-order valence-corrected chi connectivity index (χ1v) is 5.91. The number of hydrogen-bond donors (Lipinski definition) is 1. The third-order valence-electron chi connectivity index (χ3n) is 2.86. The Morgan fingerprint density at radius 2 is 2.20 bits per heavy atom. The summed E-state index contributed by atoms with van der Waals surface area (Å²) >= 11 is 0. The standard InChI is InChI=1S/C13H10N2O5/c16-12-4-5-19-15(12)9-3-1-2-8(6-9)11-7-10(13(17)18)14-20-11/h1-3,6-7H,4-5H2,(H,17,18). The number of carboxylic acid groups (broad SMARTS) is 1. The molecule has 20 heavy (non-hydrogen) atoms. The predicted molar refractivity (Wildman–Crippen MR) is 67.0 cm³/mol. The minimum Gasteiger partial charge on any atom is -0.476 e. The van der Waals surface area contributed by atoms with Gasteiger partial charge in [0.05, 0.1) is 18.7 Å². The van der Waals surface area contributed by atoms with Crippen molar-refractivity contribution in [1.29, 1.82) is 0 Å². The van der Waals surface area contributed by atoms with Gasteiger partial charge in [-0.1, -0.05) is 17.3 Å². The minimum atomic E-state index is -1.16. The summed E-state index contributed by atoms with van der Waals surface area (Å²) in [5.74, 6) is -0.962. The lowest BCUT2D eigenvalue weighted by Gasteiger charge is -2.14. The Balaban J connectivity index is 1.94. The van der Waals surface area contributed by atoms with Gasteiger partial charge in [0.25, 0.3) is 5.91 Å². The highest BCUT2D eigenvalue weighted by Gasteiger charge is 2.24. The highest BCUT2D eigenvalue weighted by molar-refractivity contribution is 5.93. The van der Waals surface area contributed by atoms with Crippen molar-refractivity contribution in [2.75, 3.05) is 11.7 Å². The van der Waals surface area contributed by atoms with Crippen molar-refractivity contribution < 1.29 is 24.1 Å².